The second-order valence-corrected chi connectivity index (χ2v) is 2.93. The molecule has 1 aromatic carbocycles. The third-order valence-electron chi connectivity index (χ3n) is 1.52. The monoisotopic (exact) mass is 203 g/mol. The molecule has 0 unspecified atom stereocenters. The Hall–Kier alpha value is -1.56. The van der Waals surface area contributed by atoms with E-state index in [2.05, 4.69) is 34.5 Å². The van der Waals surface area contributed by atoms with Crippen LogP contribution < -0.4 is 0 Å². The van der Waals surface area contributed by atoms with Gasteiger partial charge in [-0.2, -0.15) is 12.6 Å². The van der Waals surface area contributed by atoms with E-state index in [0.717, 1.165) is 17.7 Å². The van der Waals surface area contributed by atoms with E-state index in [4.69, 9.17) is 5.53 Å². The van der Waals surface area contributed by atoms with Crippen molar-refractivity contribution in [3.05, 3.63) is 40.3 Å². The molecule has 0 fully saturated rings. The summed E-state index contributed by atoms with van der Waals surface area (Å²) in [5.74, 6) is 6.61. The highest BCUT2D eigenvalue weighted by Gasteiger charge is 1.93. The summed E-state index contributed by atoms with van der Waals surface area (Å²) in [7, 11) is 0. The first-order valence-corrected chi connectivity index (χ1v) is 4.75. The minimum atomic E-state index is 0.571. The molecule has 1 rings (SSSR count). The minimum Gasteiger partial charge on any atom is -0.178 e. The molecule has 0 spiro atoms. The van der Waals surface area contributed by atoms with Gasteiger partial charge in [0.1, 0.15) is 0 Å². The lowest BCUT2D eigenvalue weighted by Gasteiger charge is -1.94. The number of hydrogen-bond donors (Lipinski definition) is 1. The van der Waals surface area contributed by atoms with Crippen molar-refractivity contribution in [2.75, 3.05) is 5.75 Å². The van der Waals surface area contributed by atoms with Crippen molar-refractivity contribution in [2.24, 2.45) is 5.11 Å². The molecule has 1 aromatic rings. The molecule has 0 N–H and O–H groups in total. The zero-order valence-corrected chi connectivity index (χ0v) is 8.41. The van der Waals surface area contributed by atoms with Crippen LogP contribution in [0.1, 0.15) is 12.0 Å². The van der Waals surface area contributed by atoms with Crippen LogP contribution in [-0.2, 0) is 0 Å². The van der Waals surface area contributed by atoms with Crippen LogP contribution in [0.15, 0.2) is 29.4 Å². The van der Waals surface area contributed by atoms with Gasteiger partial charge >= 0.3 is 0 Å². The Morgan fingerprint density at radius 2 is 2.21 bits per heavy atom. The van der Waals surface area contributed by atoms with E-state index in [1.54, 1.807) is 6.07 Å². The SMILES string of the molecule is [N-]=[N+]=Nc1ccccc1C#CCCS. The summed E-state index contributed by atoms with van der Waals surface area (Å²) in [6.45, 7) is 0. The van der Waals surface area contributed by atoms with Gasteiger partial charge in [0.2, 0.25) is 0 Å². The smallest absolute Gasteiger partial charge is 0.0531 e. The zero-order chi connectivity index (χ0) is 10.2. The highest BCUT2D eigenvalue weighted by Crippen LogP contribution is 2.17. The summed E-state index contributed by atoms with van der Waals surface area (Å²) >= 11 is 4.05. The lowest BCUT2D eigenvalue weighted by Crippen LogP contribution is -1.75. The molecule has 0 aromatic heterocycles. The van der Waals surface area contributed by atoms with Crippen LogP contribution in [0, 0.1) is 11.8 Å². The Kier molecular flexibility index (Phi) is 4.49. The largest absolute Gasteiger partial charge is 0.178 e. The molecule has 0 aliphatic heterocycles. The molecule has 0 heterocycles. The highest BCUT2D eigenvalue weighted by atomic mass is 32.1. The maximum absolute atomic E-state index is 8.31. The lowest BCUT2D eigenvalue weighted by molar-refractivity contribution is 1.31. The molecular formula is C10H9N3S. The Morgan fingerprint density at radius 1 is 1.43 bits per heavy atom. The molecule has 0 bridgehead atoms. The molecule has 70 valence electrons. The van der Waals surface area contributed by atoms with Crippen molar-refractivity contribution in [1.82, 2.24) is 0 Å². The van der Waals surface area contributed by atoms with E-state index in [0.29, 0.717) is 5.69 Å². The first-order valence-electron chi connectivity index (χ1n) is 4.12. The van der Waals surface area contributed by atoms with Crippen LogP contribution in [0.3, 0.4) is 0 Å². The molecule has 0 saturated carbocycles. The predicted octanol–water partition coefficient (Wildman–Crippen LogP) is 3.30. The molecule has 0 radical (unpaired) electrons. The van der Waals surface area contributed by atoms with Crippen LogP contribution in [0.2, 0.25) is 0 Å². The Morgan fingerprint density at radius 3 is 2.93 bits per heavy atom. The van der Waals surface area contributed by atoms with Crippen LogP contribution in [0.5, 0.6) is 0 Å². The summed E-state index contributed by atoms with van der Waals surface area (Å²) < 4.78 is 0. The number of nitrogens with zero attached hydrogens (tertiary/aromatic N) is 3. The Bertz CT molecular complexity index is 411. The van der Waals surface area contributed by atoms with Crippen molar-refractivity contribution in [3.63, 3.8) is 0 Å². The van der Waals surface area contributed by atoms with Crippen molar-refractivity contribution in [2.45, 2.75) is 6.42 Å². The second kappa shape index (κ2) is 5.98. The summed E-state index contributed by atoms with van der Waals surface area (Å²) in [4.78, 5) is 2.74. The molecule has 0 aliphatic carbocycles. The molecule has 0 amide bonds. The highest BCUT2D eigenvalue weighted by molar-refractivity contribution is 7.80. The van der Waals surface area contributed by atoms with Gasteiger partial charge in [0.25, 0.3) is 0 Å². The molecule has 14 heavy (non-hydrogen) atoms. The number of benzene rings is 1. The van der Waals surface area contributed by atoms with E-state index in [1.807, 2.05) is 18.2 Å². The van der Waals surface area contributed by atoms with Crippen molar-refractivity contribution in [1.29, 1.82) is 0 Å². The van der Waals surface area contributed by atoms with Gasteiger partial charge < -0.3 is 0 Å². The van der Waals surface area contributed by atoms with Gasteiger partial charge in [-0.05, 0) is 11.6 Å². The summed E-state index contributed by atoms with van der Waals surface area (Å²) in [5.41, 5.74) is 9.64. The van der Waals surface area contributed by atoms with Gasteiger partial charge in [-0.15, -0.1) is 0 Å². The predicted molar refractivity (Wildman–Crippen MR) is 60.6 cm³/mol. The maximum atomic E-state index is 8.31. The van der Waals surface area contributed by atoms with Gasteiger partial charge in [0.05, 0.1) is 5.69 Å². The van der Waals surface area contributed by atoms with Gasteiger partial charge in [-0.3, -0.25) is 0 Å². The number of thiol groups is 1. The number of rotatable bonds is 2. The standard InChI is InChI=1S/C10H9N3S/c11-13-12-10-7-2-1-5-9(10)6-3-4-8-14/h1-2,5,7,14H,4,8H2. The summed E-state index contributed by atoms with van der Waals surface area (Å²) in [5, 5.41) is 3.54. The average Bonchev–Trinajstić information content (AvgIpc) is 2.21. The van der Waals surface area contributed by atoms with Gasteiger partial charge in [-0.1, -0.05) is 35.2 Å². The topological polar surface area (TPSA) is 48.8 Å². The fraction of sp³-hybridized carbons (Fsp3) is 0.200. The average molecular weight is 203 g/mol. The Labute approximate surface area is 88.2 Å². The maximum Gasteiger partial charge on any atom is 0.0531 e. The Balaban J connectivity index is 2.97. The normalized spacial score (nSPS) is 8.36. The molecule has 0 atom stereocenters. The van der Waals surface area contributed by atoms with Crippen LogP contribution in [0.25, 0.3) is 10.4 Å². The third-order valence-corrected chi connectivity index (χ3v) is 1.74. The van der Waals surface area contributed by atoms with E-state index in [-0.39, 0.29) is 0 Å². The quantitative estimate of drug-likeness (QED) is 0.252. The molecular weight excluding hydrogens is 194 g/mol. The van der Waals surface area contributed by atoms with E-state index in [1.165, 1.54) is 0 Å². The molecule has 0 aliphatic rings. The lowest BCUT2D eigenvalue weighted by atomic mass is 10.2. The van der Waals surface area contributed by atoms with Crippen molar-refractivity contribution < 1.29 is 0 Å². The summed E-state index contributed by atoms with van der Waals surface area (Å²) in [6, 6.07) is 7.24. The van der Waals surface area contributed by atoms with Crippen LogP contribution in [-0.4, -0.2) is 5.75 Å². The van der Waals surface area contributed by atoms with Gasteiger partial charge in [-0.25, -0.2) is 0 Å². The van der Waals surface area contributed by atoms with E-state index >= 15 is 0 Å². The molecule has 3 nitrogen and oxygen atoms in total. The fourth-order valence-corrected chi connectivity index (χ4v) is 1.04. The minimum absolute atomic E-state index is 0.571. The molecule has 4 heteroatoms. The second-order valence-electron chi connectivity index (χ2n) is 2.48. The fourth-order valence-electron chi connectivity index (χ4n) is 0.928. The first-order chi connectivity index (χ1) is 6.88. The van der Waals surface area contributed by atoms with E-state index < -0.39 is 0 Å². The van der Waals surface area contributed by atoms with Gasteiger partial charge in [0, 0.05) is 22.6 Å². The van der Waals surface area contributed by atoms with Crippen molar-refractivity contribution >= 4 is 18.3 Å². The van der Waals surface area contributed by atoms with Crippen LogP contribution in [0.4, 0.5) is 5.69 Å². The third kappa shape index (κ3) is 3.06. The zero-order valence-electron chi connectivity index (χ0n) is 7.51. The van der Waals surface area contributed by atoms with E-state index in [9.17, 15) is 0 Å². The number of azide groups is 1. The van der Waals surface area contributed by atoms with Crippen molar-refractivity contribution in [3.8, 4) is 11.8 Å². The molecule has 0 saturated heterocycles. The first kappa shape index (κ1) is 10.5. The van der Waals surface area contributed by atoms with Gasteiger partial charge in [0.15, 0.2) is 0 Å². The van der Waals surface area contributed by atoms with Crippen LogP contribution >= 0.6 is 12.6 Å². The summed E-state index contributed by atoms with van der Waals surface area (Å²) in [6.07, 6.45) is 0.730. The number of hydrogen-bond acceptors (Lipinski definition) is 2.